The summed E-state index contributed by atoms with van der Waals surface area (Å²) >= 11 is 0. The molecule has 0 unspecified atom stereocenters. The predicted octanol–water partition coefficient (Wildman–Crippen LogP) is 21.2. The minimum Gasteiger partial charge on any atom is -0.509 e. The van der Waals surface area contributed by atoms with E-state index in [2.05, 4.69) is 328 Å². The average Bonchev–Trinajstić information content (AvgIpc) is 1.61. The topological polar surface area (TPSA) is 38.5 Å². The SMILES string of the molecule is CC(C)(C)c1ccnc(-n2c3[c-]c(Oc4[c-]c(N5[CH-]N(c6c(-c7ccccc7)cc(C(C)(C)C)cc6-c6ccccc6)c6ccccc65)cc(C5c6ccccc6-c6ccccc65)c4)ccc3c3ccc(-n4c5ccccc5c5ccccc54)cc32)c1.[Pt]. The summed E-state index contributed by atoms with van der Waals surface area (Å²) in [6.45, 7) is 15.9. The maximum atomic E-state index is 7.30. The van der Waals surface area contributed by atoms with Crippen LogP contribution in [0, 0.1) is 18.8 Å². The Morgan fingerprint density at radius 1 is 0.432 bits per heavy atom. The number of ether oxygens (including phenoxy) is 1. The molecule has 430 valence electrons. The summed E-state index contributed by atoms with van der Waals surface area (Å²) < 4.78 is 12.0. The number of hydrogen-bond acceptors (Lipinski definition) is 4. The molecule has 0 atom stereocenters. The van der Waals surface area contributed by atoms with Crippen LogP contribution in [-0.4, -0.2) is 14.1 Å². The molecule has 0 saturated heterocycles. The van der Waals surface area contributed by atoms with Gasteiger partial charge in [-0.15, -0.1) is 53.6 Å². The molecular formula is C81H62N5OPt-3. The van der Waals surface area contributed by atoms with Crippen molar-refractivity contribution in [3.8, 4) is 56.4 Å². The van der Waals surface area contributed by atoms with Crippen molar-refractivity contribution in [1.82, 2.24) is 14.1 Å². The molecule has 3 aromatic heterocycles. The molecule has 0 bridgehead atoms. The first-order valence-electron chi connectivity index (χ1n) is 30.1. The first kappa shape index (κ1) is 54.9. The normalized spacial score (nSPS) is 13.1. The predicted molar refractivity (Wildman–Crippen MR) is 360 cm³/mol. The average molecular weight is 1320 g/mol. The Morgan fingerprint density at radius 2 is 0.977 bits per heavy atom. The summed E-state index contributed by atoms with van der Waals surface area (Å²) in [6, 6.07) is 97.9. The van der Waals surface area contributed by atoms with Gasteiger partial charge >= 0.3 is 0 Å². The van der Waals surface area contributed by atoms with Crippen molar-refractivity contribution in [2.45, 2.75) is 58.3 Å². The third-order valence-corrected chi connectivity index (χ3v) is 17.8. The third kappa shape index (κ3) is 9.15. The number of nitrogens with zero attached hydrogens (tertiary/aromatic N) is 5. The number of pyridine rings is 1. The number of hydrogen-bond donors (Lipinski definition) is 0. The molecule has 7 heteroatoms. The Hall–Kier alpha value is -9.74. The van der Waals surface area contributed by atoms with Crippen LogP contribution in [0.5, 0.6) is 11.5 Å². The van der Waals surface area contributed by atoms with Crippen LogP contribution >= 0.6 is 0 Å². The summed E-state index contributed by atoms with van der Waals surface area (Å²) in [5, 5.41) is 4.59. The van der Waals surface area contributed by atoms with Gasteiger partial charge in [0.1, 0.15) is 5.82 Å². The van der Waals surface area contributed by atoms with Crippen LogP contribution in [0.1, 0.15) is 75.3 Å². The summed E-state index contributed by atoms with van der Waals surface area (Å²) in [5.74, 6) is 1.90. The Morgan fingerprint density at radius 3 is 1.60 bits per heavy atom. The second kappa shape index (κ2) is 21.3. The Balaban J connectivity index is 0.00000650. The second-order valence-electron chi connectivity index (χ2n) is 25.3. The van der Waals surface area contributed by atoms with Gasteiger partial charge in [-0.3, -0.25) is 0 Å². The molecule has 14 aromatic rings. The minimum atomic E-state index is -0.114. The van der Waals surface area contributed by atoms with Crippen LogP contribution in [0.4, 0.5) is 22.7 Å². The van der Waals surface area contributed by atoms with Crippen LogP contribution in [0.2, 0.25) is 0 Å². The summed E-state index contributed by atoms with van der Waals surface area (Å²) in [7, 11) is 0. The zero-order valence-corrected chi connectivity index (χ0v) is 52.1. The van der Waals surface area contributed by atoms with Gasteiger partial charge in [-0.25, -0.2) is 4.98 Å². The molecule has 0 amide bonds. The first-order chi connectivity index (χ1) is 42.4. The van der Waals surface area contributed by atoms with E-state index >= 15 is 0 Å². The van der Waals surface area contributed by atoms with E-state index in [-0.39, 0.29) is 37.8 Å². The number of para-hydroxylation sites is 4. The molecule has 0 saturated carbocycles. The molecule has 1 aliphatic heterocycles. The molecule has 11 aromatic carbocycles. The number of benzene rings is 11. The standard InChI is InChI=1S/C81H62N5O.Pt/c1-80(2,3)55-41-42-82-77(47-55)86-75-49-57(85-71-33-19-17-29-63(71)64-30-18-20-34-72(64)85)37-39-65(75)66-40-38-59(50-76(66)86)87-60-44-54(78-67-31-15-13-27-61(67)62-28-14-16-32-68(62)78)43-58(48-60)83-51-84(74-36-22-21-35-73(74)83)79-69(52-23-9-7-10-24-52)45-56(81(4,5)6)46-70(79)53-25-11-8-12-26-53;/h7-47,49,51,78H,1-6H3;/q-3;. The van der Waals surface area contributed by atoms with Crippen LogP contribution in [-0.2, 0) is 31.9 Å². The summed E-state index contributed by atoms with van der Waals surface area (Å²) in [5.41, 5.74) is 22.3. The molecule has 1 aliphatic carbocycles. The van der Waals surface area contributed by atoms with Gasteiger partial charge in [0.2, 0.25) is 0 Å². The van der Waals surface area contributed by atoms with Crippen molar-refractivity contribution < 1.29 is 25.8 Å². The third-order valence-electron chi connectivity index (χ3n) is 17.8. The van der Waals surface area contributed by atoms with Crippen molar-refractivity contribution >= 4 is 66.4 Å². The van der Waals surface area contributed by atoms with E-state index in [1.165, 1.54) is 44.2 Å². The monoisotopic (exact) mass is 1320 g/mol. The smallest absolute Gasteiger partial charge is 0.135 e. The van der Waals surface area contributed by atoms with Gasteiger partial charge in [0.15, 0.2) is 0 Å². The van der Waals surface area contributed by atoms with E-state index in [1.807, 2.05) is 6.20 Å². The van der Waals surface area contributed by atoms with Crippen molar-refractivity contribution in [2.75, 3.05) is 9.80 Å². The van der Waals surface area contributed by atoms with Crippen molar-refractivity contribution in [1.29, 1.82) is 0 Å². The quantitative estimate of drug-likeness (QED) is 0.135. The molecular weight excluding hydrogens is 1250 g/mol. The van der Waals surface area contributed by atoms with Crippen LogP contribution < -0.4 is 14.5 Å². The maximum absolute atomic E-state index is 7.30. The molecule has 0 fully saturated rings. The summed E-state index contributed by atoms with van der Waals surface area (Å²) in [6.07, 6.45) is 1.94. The number of aromatic nitrogens is 3. The van der Waals surface area contributed by atoms with Crippen molar-refractivity contribution in [2.24, 2.45) is 0 Å². The molecule has 0 spiro atoms. The van der Waals surface area contributed by atoms with Gasteiger partial charge in [0, 0.05) is 94.8 Å². The fourth-order valence-corrected chi connectivity index (χ4v) is 13.6. The van der Waals surface area contributed by atoms with Crippen LogP contribution in [0.25, 0.3) is 88.5 Å². The van der Waals surface area contributed by atoms with Gasteiger partial charge in [-0.05, 0) is 121 Å². The maximum Gasteiger partial charge on any atom is 0.135 e. The number of rotatable bonds is 9. The molecule has 4 heterocycles. The molecule has 16 rings (SSSR count). The minimum absolute atomic E-state index is 0. The van der Waals surface area contributed by atoms with Crippen LogP contribution in [0.3, 0.4) is 0 Å². The fourth-order valence-electron chi connectivity index (χ4n) is 13.6. The fraction of sp³-hybridized carbons (Fsp3) is 0.111. The van der Waals surface area contributed by atoms with Gasteiger partial charge in [0.05, 0.1) is 11.0 Å². The Bertz CT molecular complexity index is 4890. The largest absolute Gasteiger partial charge is 0.509 e. The van der Waals surface area contributed by atoms with Gasteiger partial charge in [-0.1, -0.05) is 211 Å². The molecule has 0 N–H and O–H groups in total. The van der Waals surface area contributed by atoms with E-state index in [0.717, 1.165) is 94.9 Å². The van der Waals surface area contributed by atoms with E-state index in [9.17, 15) is 0 Å². The molecule has 88 heavy (non-hydrogen) atoms. The van der Waals surface area contributed by atoms with E-state index in [0.29, 0.717) is 11.5 Å². The van der Waals surface area contributed by atoms with E-state index in [4.69, 9.17) is 9.72 Å². The second-order valence-corrected chi connectivity index (χ2v) is 25.3. The molecule has 2 aliphatic rings. The molecule has 0 radical (unpaired) electrons. The Kier molecular flexibility index (Phi) is 13.3. The summed E-state index contributed by atoms with van der Waals surface area (Å²) in [4.78, 5) is 9.82. The first-order valence-corrected chi connectivity index (χ1v) is 30.1. The number of fused-ring (bicyclic) bond motifs is 10. The zero-order chi connectivity index (χ0) is 58.7. The van der Waals surface area contributed by atoms with E-state index in [1.54, 1.807) is 0 Å². The van der Waals surface area contributed by atoms with Gasteiger partial charge < -0.3 is 23.7 Å². The van der Waals surface area contributed by atoms with Gasteiger partial charge in [0.25, 0.3) is 0 Å². The Labute approximate surface area is 528 Å². The number of anilines is 4. The van der Waals surface area contributed by atoms with Crippen molar-refractivity contribution in [3.63, 3.8) is 0 Å². The zero-order valence-electron chi connectivity index (χ0n) is 49.9. The van der Waals surface area contributed by atoms with Crippen LogP contribution in [0.15, 0.2) is 255 Å². The van der Waals surface area contributed by atoms with Crippen molar-refractivity contribution in [3.05, 3.63) is 302 Å². The van der Waals surface area contributed by atoms with E-state index < -0.39 is 0 Å². The van der Waals surface area contributed by atoms with Gasteiger partial charge in [-0.2, -0.15) is 6.07 Å². The molecule has 6 nitrogen and oxygen atoms in total.